The lowest BCUT2D eigenvalue weighted by molar-refractivity contribution is -0.147. The highest BCUT2D eigenvalue weighted by Crippen LogP contribution is 2.27. The quantitative estimate of drug-likeness (QED) is 0.490. The van der Waals surface area contributed by atoms with Crippen molar-refractivity contribution in [1.82, 2.24) is 0 Å². The standard InChI is InChI=1S/C19H19Cl2NO5/c1-25-15-5-2-4-14(11-15)22-18(23)12-27-19(24)6-3-9-26-17-8-7-13(20)10-16(17)21/h2,4-5,7-8,10-11H,3,6,9,12H2,1H3,(H,22,23). The maximum Gasteiger partial charge on any atom is 0.306 e. The summed E-state index contributed by atoms with van der Waals surface area (Å²) in [6.45, 7) is -0.0770. The summed E-state index contributed by atoms with van der Waals surface area (Å²) in [7, 11) is 1.54. The van der Waals surface area contributed by atoms with Gasteiger partial charge >= 0.3 is 5.97 Å². The molecule has 0 saturated carbocycles. The maximum atomic E-state index is 11.8. The molecule has 6 nitrogen and oxygen atoms in total. The molecule has 8 heteroatoms. The Bertz CT molecular complexity index is 797. The number of anilines is 1. The van der Waals surface area contributed by atoms with Crippen LogP contribution in [-0.2, 0) is 14.3 Å². The van der Waals surface area contributed by atoms with Crippen LogP contribution in [0.3, 0.4) is 0 Å². The van der Waals surface area contributed by atoms with E-state index in [2.05, 4.69) is 5.32 Å². The van der Waals surface area contributed by atoms with Gasteiger partial charge in [-0.25, -0.2) is 0 Å². The van der Waals surface area contributed by atoms with Crippen molar-refractivity contribution in [3.8, 4) is 11.5 Å². The highest BCUT2D eigenvalue weighted by molar-refractivity contribution is 6.35. The van der Waals surface area contributed by atoms with E-state index in [1.807, 2.05) is 0 Å². The Kier molecular flexibility index (Phi) is 8.23. The summed E-state index contributed by atoms with van der Waals surface area (Å²) in [4.78, 5) is 23.5. The molecule has 0 spiro atoms. The Morgan fingerprint density at radius 3 is 2.67 bits per heavy atom. The number of carbonyl (C=O) groups excluding carboxylic acids is 2. The summed E-state index contributed by atoms with van der Waals surface area (Å²) >= 11 is 11.8. The molecule has 0 atom stereocenters. The number of ether oxygens (including phenoxy) is 3. The van der Waals surface area contributed by atoms with Crippen molar-refractivity contribution in [1.29, 1.82) is 0 Å². The van der Waals surface area contributed by atoms with Gasteiger partial charge in [0.1, 0.15) is 11.5 Å². The molecular weight excluding hydrogens is 393 g/mol. The van der Waals surface area contributed by atoms with Crippen molar-refractivity contribution < 1.29 is 23.8 Å². The van der Waals surface area contributed by atoms with E-state index in [-0.39, 0.29) is 19.6 Å². The number of carbonyl (C=O) groups is 2. The first kappa shape index (κ1) is 20.9. The molecule has 0 bridgehead atoms. The SMILES string of the molecule is COc1cccc(NC(=O)COC(=O)CCCOc2ccc(Cl)cc2Cl)c1. The van der Waals surface area contributed by atoms with Gasteiger partial charge in [0, 0.05) is 23.2 Å². The number of amides is 1. The highest BCUT2D eigenvalue weighted by Gasteiger charge is 2.09. The van der Waals surface area contributed by atoms with Crippen molar-refractivity contribution in [2.45, 2.75) is 12.8 Å². The van der Waals surface area contributed by atoms with Crippen LogP contribution in [0.15, 0.2) is 42.5 Å². The smallest absolute Gasteiger partial charge is 0.306 e. The number of halogens is 2. The Morgan fingerprint density at radius 2 is 1.93 bits per heavy atom. The number of benzene rings is 2. The van der Waals surface area contributed by atoms with Crippen LogP contribution in [0.5, 0.6) is 11.5 Å². The molecule has 2 aromatic carbocycles. The predicted molar refractivity (Wildman–Crippen MR) is 104 cm³/mol. The van der Waals surface area contributed by atoms with E-state index in [1.165, 1.54) is 7.11 Å². The molecule has 0 radical (unpaired) electrons. The Labute approximate surface area is 167 Å². The van der Waals surface area contributed by atoms with Crippen LogP contribution in [0.1, 0.15) is 12.8 Å². The molecule has 1 amide bonds. The van der Waals surface area contributed by atoms with E-state index in [0.717, 1.165) is 0 Å². The largest absolute Gasteiger partial charge is 0.497 e. The normalized spacial score (nSPS) is 10.2. The van der Waals surface area contributed by atoms with E-state index in [4.69, 9.17) is 37.4 Å². The molecule has 2 rings (SSSR count). The summed E-state index contributed by atoms with van der Waals surface area (Å²) in [5, 5.41) is 3.54. The maximum absolute atomic E-state index is 11.8. The molecule has 0 heterocycles. The number of hydrogen-bond donors (Lipinski definition) is 1. The third-order valence-electron chi connectivity index (χ3n) is 3.39. The van der Waals surface area contributed by atoms with Crippen LogP contribution in [0.2, 0.25) is 10.0 Å². The van der Waals surface area contributed by atoms with Crippen LogP contribution < -0.4 is 14.8 Å². The summed E-state index contributed by atoms with van der Waals surface area (Å²) < 4.78 is 15.5. The van der Waals surface area contributed by atoms with Crippen LogP contribution in [-0.4, -0.2) is 32.2 Å². The van der Waals surface area contributed by atoms with Gasteiger partial charge in [0.2, 0.25) is 0 Å². The van der Waals surface area contributed by atoms with Crippen molar-refractivity contribution in [3.05, 3.63) is 52.5 Å². The fourth-order valence-corrected chi connectivity index (χ4v) is 2.57. The van der Waals surface area contributed by atoms with Gasteiger partial charge in [0.15, 0.2) is 6.61 Å². The third kappa shape index (κ3) is 7.37. The average Bonchev–Trinajstić information content (AvgIpc) is 2.65. The van der Waals surface area contributed by atoms with Crippen LogP contribution in [0, 0.1) is 0 Å². The molecule has 2 aromatic rings. The molecule has 0 aliphatic carbocycles. The van der Waals surface area contributed by atoms with Gasteiger partial charge in [-0.1, -0.05) is 29.3 Å². The minimum atomic E-state index is -0.485. The first-order valence-electron chi connectivity index (χ1n) is 8.15. The van der Waals surface area contributed by atoms with Crippen LogP contribution >= 0.6 is 23.2 Å². The van der Waals surface area contributed by atoms with Crippen molar-refractivity contribution in [2.24, 2.45) is 0 Å². The fourth-order valence-electron chi connectivity index (χ4n) is 2.11. The second kappa shape index (κ2) is 10.6. The zero-order valence-corrected chi connectivity index (χ0v) is 16.2. The topological polar surface area (TPSA) is 73.9 Å². The molecule has 0 unspecified atom stereocenters. The fraction of sp³-hybridized carbons (Fsp3) is 0.263. The predicted octanol–water partition coefficient (Wildman–Crippen LogP) is 4.34. The molecule has 0 fully saturated rings. The Hall–Kier alpha value is -2.44. The van der Waals surface area contributed by atoms with Crippen molar-refractivity contribution in [2.75, 3.05) is 25.6 Å². The molecule has 0 aliphatic heterocycles. The average molecular weight is 412 g/mol. The number of hydrogen-bond acceptors (Lipinski definition) is 5. The second-order valence-electron chi connectivity index (χ2n) is 5.47. The van der Waals surface area contributed by atoms with Gasteiger partial charge < -0.3 is 19.5 Å². The molecule has 1 N–H and O–H groups in total. The van der Waals surface area contributed by atoms with Crippen LogP contribution in [0.25, 0.3) is 0 Å². The van der Waals surface area contributed by atoms with Gasteiger partial charge in [-0.3, -0.25) is 9.59 Å². The van der Waals surface area contributed by atoms with E-state index in [9.17, 15) is 9.59 Å². The number of rotatable bonds is 9. The summed E-state index contributed by atoms with van der Waals surface area (Å²) in [5.74, 6) is 0.195. The lowest BCUT2D eigenvalue weighted by atomic mass is 10.3. The number of nitrogens with one attached hydrogen (secondary N) is 1. The van der Waals surface area contributed by atoms with Crippen LogP contribution in [0.4, 0.5) is 5.69 Å². The van der Waals surface area contributed by atoms with Crippen molar-refractivity contribution in [3.63, 3.8) is 0 Å². The van der Waals surface area contributed by atoms with Gasteiger partial charge in [-0.15, -0.1) is 0 Å². The molecule has 0 saturated heterocycles. The van der Waals surface area contributed by atoms with Gasteiger partial charge in [0.05, 0.1) is 18.7 Å². The van der Waals surface area contributed by atoms with Gasteiger partial charge in [-0.05, 0) is 36.8 Å². The Balaban J connectivity index is 1.64. The molecule has 0 aliphatic rings. The first-order chi connectivity index (χ1) is 13.0. The zero-order chi connectivity index (χ0) is 19.6. The lowest BCUT2D eigenvalue weighted by Gasteiger charge is -2.09. The highest BCUT2D eigenvalue weighted by atomic mass is 35.5. The summed E-state index contributed by atoms with van der Waals surface area (Å²) in [6.07, 6.45) is 0.549. The summed E-state index contributed by atoms with van der Waals surface area (Å²) in [5.41, 5.74) is 0.559. The van der Waals surface area contributed by atoms with E-state index < -0.39 is 11.9 Å². The zero-order valence-electron chi connectivity index (χ0n) is 14.7. The molecule has 27 heavy (non-hydrogen) atoms. The lowest BCUT2D eigenvalue weighted by Crippen LogP contribution is -2.21. The second-order valence-corrected chi connectivity index (χ2v) is 6.31. The molecule has 0 aromatic heterocycles. The minimum absolute atomic E-state index is 0.123. The summed E-state index contributed by atoms with van der Waals surface area (Å²) in [6, 6.07) is 11.8. The van der Waals surface area contributed by atoms with E-state index in [1.54, 1.807) is 42.5 Å². The van der Waals surface area contributed by atoms with E-state index >= 15 is 0 Å². The number of esters is 1. The molecule has 144 valence electrons. The third-order valence-corrected chi connectivity index (χ3v) is 3.92. The Morgan fingerprint density at radius 1 is 1.11 bits per heavy atom. The minimum Gasteiger partial charge on any atom is -0.497 e. The van der Waals surface area contributed by atoms with Crippen molar-refractivity contribution >= 4 is 40.8 Å². The molecular formula is C19H19Cl2NO5. The van der Waals surface area contributed by atoms with E-state index in [0.29, 0.717) is 33.7 Å². The monoisotopic (exact) mass is 411 g/mol. The number of methoxy groups -OCH3 is 1. The van der Waals surface area contributed by atoms with Gasteiger partial charge in [0.25, 0.3) is 5.91 Å². The van der Waals surface area contributed by atoms with Gasteiger partial charge in [-0.2, -0.15) is 0 Å². The first-order valence-corrected chi connectivity index (χ1v) is 8.91.